The molecule has 7 rings (SSSR count). The first kappa shape index (κ1) is 23.5. The third-order valence-corrected chi connectivity index (χ3v) is 8.08. The van der Waals surface area contributed by atoms with E-state index >= 15 is 0 Å². The zero-order valence-electron chi connectivity index (χ0n) is 21.2. The number of aromatic nitrogens is 3. The van der Waals surface area contributed by atoms with E-state index in [0.29, 0.717) is 49.7 Å². The van der Waals surface area contributed by atoms with Gasteiger partial charge < -0.3 is 19.6 Å². The van der Waals surface area contributed by atoms with Gasteiger partial charge in [-0.05, 0) is 60.0 Å². The monoisotopic (exact) mass is 521 g/mol. The number of carbonyl (C=O) groups excluding carboxylic acids is 2. The highest BCUT2D eigenvalue weighted by atomic mass is 16.5. The van der Waals surface area contributed by atoms with E-state index in [0.717, 1.165) is 23.2 Å². The summed E-state index contributed by atoms with van der Waals surface area (Å²) >= 11 is 0. The van der Waals surface area contributed by atoms with Gasteiger partial charge in [-0.25, -0.2) is 0 Å². The molecule has 0 aliphatic carbocycles. The first-order valence-electron chi connectivity index (χ1n) is 13.2. The van der Waals surface area contributed by atoms with Crippen molar-refractivity contribution in [3.05, 3.63) is 101 Å². The van der Waals surface area contributed by atoms with Crippen LogP contribution in [0.3, 0.4) is 0 Å². The zero-order valence-corrected chi connectivity index (χ0v) is 21.2. The Labute approximate surface area is 225 Å². The molecule has 1 N–H and O–H groups in total. The van der Waals surface area contributed by atoms with Crippen molar-refractivity contribution < 1.29 is 19.4 Å². The van der Waals surface area contributed by atoms with E-state index in [1.165, 1.54) is 12.1 Å². The van der Waals surface area contributed by atoms with Crippen molar-refractivity contribution in [2.24, 2.45) is 0 Å². The van der Waals surface area contributed by atoms with Crippen molar-refractivity contribution in [3.63, 3.8) is 0 Å². The number of para-hydroxylation sites is 1. The number of nitrogens with zero attached hydrogens (tertiary/aromatic N) is 5. The van der Waals surface area contributed by atoms with Gasteiger partial charge in [-0.3, -0.25) is 14.3 Å². The molecule has 0 saturated carbocycles. The van der Waals surface area contributed by atoms with Crippen molar-refractivity contribution in [2.45, 2.75) is 37.4 Å². The Morgan fingerprint density at radius 3 is 2.74 bits per heavy atom. The van der Waals surface area contributed by atoms with Crippen LogP contribution in [0.25, 0.3) is 0 Å². The summed E-state index contributed by atoms with van der Waals surface area (Å²) in [6, 6.07) is 21.3. The maximum atomic E-state index is 14.6. The van der Waals surface area contributed by atoms with Gasteiger partial charge in [-0.15, -0.1) is 5.10 Å². The number of fused-ring (bicyclic) bond motifs is 8. The average Bonchev–Trinajstić information content (AvgIpc) is 3.64. The van der Waals surface area contributed by atoms with Crippen molar-refractivity contribution in [1.82, 2.24) is 19.9 Å². The van der Waals surface area contributed by atoms with Gasteiger partial charge in [-0.1, -0.05) is 35.5 Å². The molecule has 6 bridgehead atoms. The molecule has 9 nitrogen and oxygen atoms in total. The zero-order chi connectivity index (χ0) is 26.6. The number of rotatable bonds is 1. The summed E-state index contributed by atoms with van der Waals surface area (Å²) in [5, 5.41) is 18.4. The molecule has 1 aromatic heterocycles. The third kappa shape index (κ3) is 3.68. The van der Waals surface area contributed by atoms with Crippen LogP contribution in [-0.4, -0.2) is 50.0 Å². The van der Waals surface area contributed by atoms with Crippen LogP contribution in [0.1, 0.15) is 46.1 Å². The molecule has 1 spiro atoms. The van der Waals surface area contributed by atoms with E-state index in [-0.39, 0.29) is 17.6 Å². The molecule has 1 fully saturated rings. The second-order valence-corrected chi connectivity index (χ2v) is 10.3. The standard InChI is InChI=1S/C30H27N5O4/c36-23-11-9-20(10-12-23)28(37)34-15-13-30-25-7-1-2-8-26(25)35(29(30)38)19-22-18-33(32-31-22)14-4-16-39-24-6-3-5-21(17-24)27(30)34/h1-3,5-12,17-18,27,36H,4,13-16,19H2/t27-,30+/m0/s1. The van der Waals surface area contributed by atoms with Gasteiger partial charge in [-0.2, -0.15) is 0 Å². The number of carbonyl (C=O) groups is 2. The van der Waals surface area contributed by atoms with Crippen LogP contribution in [0.2, 0.25) is 0 Å². The van der Waals surface area contributed by atoms with Crippen LogP contribution in [0.5, 0.6) is 11.5 Å². The van der Waals surface area contributed by atoms with Crippen LogP contribution < -0.4 is 9.64 Å². The summed E-state index contributed by atoms with van der Waals surface area (Å²) in [5.41, 5.74) is 2.78. The van der Waals surface area contributed by atoms with Crippen LogP contribution in [0, 0.1) is 0 Å². The Balaban J connectivity index is 1.41. The highest BCUT2D eigenvalue weighted by Gasteiger charge is 2.61. The Morgan fingerprint density at radius 2 is 1.87 bits per heavy atom. The number of hydrogen-bond acceptors (Lipinski definition) is 6. The van der Waals surface area contributed by atoms with Crippen molar-refractivity contribution in [3.8, 4) is 11.5 Å². The molecule has 2 atom stereocenters. The van der Waals surface area contributed by atoms with E-state index in [9.17, 15) is 14.7 Å². The van der Waals surface area contributed by atoms with Crippen LogP contribution in [0.15, 0.2) is 79.0 Å². The number of aryl methyl sites for hydroxylation is 1. The Bertz CT molecular complexity index is 1580. The first-order chi connectivity index (χ1) is 19.0. The number of aromatic hydroxyl groups is 1. The molecule has 39 heavy (non-hydrogen) atoms. The largest absolute Gasteiger partial charge is 0.508 e. The lowest BCUT2D eigenvalue weighted by molar-refractivity contribution is -0.124. The SMILES string of the molecule is O=C(c1ccc(O)cc1)N1CC[C@]23C(=O)N(Cc4cn(nn4)CCCOc4cccc(c4)[C@H]12)c1ccccc13. The number of likely N-dealkylation sites (tertiary alicyclic amines) is 1. The van der Waals surface area contributed by atoms with Crippen LogP contribution >= 0.6 is 0 Å². The minimum Gasteiger partial charge on any atom is -0.508 e. The van der Waals surface area contributed by atoms with E-state index in [1.807, 2.05) is 54.7 Å². The molecule has 1 saturated heterocycles. The molecule has 9 heteroatoms. The van der Waals surface area contributed by atoms with Gasteiger partial charge in [0.2, 0.25) is 5.91 Å². The molecule has 3 aliphatic rings. The number of phenols is 1. The van der Waals surface area contributed by atoms with Crippen LogP contribution in [-0.2, 0) is 23.3 Å². The summed E-state index contributed by atoms with van der Waals surface area (Å²) < 4.78 is 7.88. The summed E-state index contributed by atoms with van der Waals surface area (Å²) in [4.78, 5) is 32.2. The Hall–Kier alpha value is -4.66. The minimum atomic E-state index is -0.974. The molecule has 2 amide bonds. The average molecular weight is 522 g/mol. The maximum absolute atomic E-state index is 14.6. The first-order valence-corrected chi connectivity index (χ1v) is 13.2. The second kappa shape index (κ2) is 8.97. The van der Waals surface area contributed by atoms with Gasteiger partial charge >= 0.3 is 0 Å². The second-order valence-electron chi connectivity index (χ2n) is 10.3. The molecule has 3 aromatic carbocycles. The smallest absolute Gasteiger partial charge is 0.254 e. The Kier molecular flexibility index (Phi) is 5.40. The van der Waals surface area contributed by atoms with Crippen molar-refractivity contribution in [1.29, 1.82) is 0 Å². The number of phenolic OH excluding ortho intramolecular Hbond substituents is 1. The number of ether oxygens (including phenoxy) is 1. The topological polar surface area (TPSA) is 101 Å². The lowest BCUT2D eigenvalue weighted by Crippen LogP contribution is -2.45. The van der Waals surface area contributed by atoms with Gasteiger partial charge in [0.05, 0.1) is 25.4 Å². The Morgan fingerprint density at radius 1 is 1.03 bits per heavy atom. The van der Waals surface area contributed by atoms with Crippen molar-refractivity contribution in [2.75, 3.05) is 18.1 Å². The van der Waals surface area contributed by atoms with E-state index in [4.69, 9.17) is 4.74 Å². The van der Waals surface area contributed by atoms with Crippen molar-refractivity contribution >= 4 is 17.5 Å². The predicted octanol–water partition coefficient (Wildman–Crippen LogP) is 3.84. The van der Waals surface area contributed by atoms with E-state index in [1.54, 1.807) is 26.6 Å². The van der Waals surface area contributed by atoms with Gasteiger partial charge in [0.25, 0.3) is 5.91 Å². The molecule has 4 aromatic rings. The van der Waals surface area contributed by atoms with Gasteiger partial charge in [0, 0.05) is 30.8 Å². The highest BCUT2D eigenvalue weighted by molar-refractivity contribution is 6.10. The predicted molar refractivity (Wildman–Crippen MR) is 142 cm³/mol. The highest BCUT2D eigenvalue weighted by Crippen LogP contribution is 2.57. The number of hydrogen-bond donors (Lipinski definition) is 1. The van der Waals surface area contributed by atoms with Gasteiger partial charge in [0.15, 0.2) is 0 Å². The fraction of sp³-hybridized carbons (Fsp3) is 0.267. The minimum absolute atomic E-state index is 0.0505. The van der Waals surface area contributed by atoms with E-state index < -0.39 is 11.5 Å². The summed E-state index contributed by atoms with van der Waals surface area (Å²) in [6.45, 7) is 1.85. The lowest BCUT2D eigenvalue weighted by Gasteiger charge is -2.35. The normalized spacial score (nSPS) is 21.9. The number of benzene rings is 3. The fourth-order valence-corrected chi connectivity index (χ4v) is 6.37. The third-order valence-electron chi connectivity index (χ3n) is 8.08. The molecule has 3 aliphatic heterocycles. The quantitative estimate of drug-likeness (QED) is 0.409. The number of amides is 2. The molecule has 196 valence electrons. The fourth-order valence-electron chi connectivity index (χ4n) is 6.37. The molecule has 4 heterocycles. The lowest BCUT2D eigenvalue weighted by atomic mass is 9.72. The molecular weight excluding hydrogens is 494 g/mol. The molecule has 0 unspecified atom stereocenters. The maximum Gasteiger partial charge on any atom is 0.254 e. The summed E-state index contributed by atoms with van der Waals surface area (Å²) in [6.07, 6.45) is 3.11. The van der Waals surface area contributed by atoms with E-state index in [2.05, 4.69) is 10.3 Å². The molecular formula is C30H27N5O4. The molecule has 0 radical (unpaired) electrons. The van der Waals surface area contributed by atoms with Gasteiger partial charge in [0.1, 0.15) is 22.6 Å². The summed E-state index contributed by atoms with van der Waals surface area (Å²) in [7, 11) is 0. The number of anilines is 1. The van der Waals surface area contributed by atoms with Crippen LogP contribution in [0.4, 0.5) is 5.69 Å². The summed E-state index contributed by atoms with van der Waals surface area (Å²) in [5.74, 6) is 0.547.